The van der Waals surface area contributed by atoms with Crippen LogP contribution in [-0.4, -0.2) is 44.9 Å². The average molecular weight is 379 g/mol. The van der Waals surface area contributed by atoms with Crippen molar-refractivity contribution < 1.29 is 0 Å². The molecule has 2 aliphatic rings. The second-order valence-corrected chi connectivity index (χ2v) is 9.19. The number of rotatable bonds is 5. The molecule has 1 aromatic heterocycles. The molecule has 0 bridgehead atoms. The number of fused-ring (bicyclic) bond motifs is 1. The number of hydrogen-bond acceptors (Lipinski definition) is 5. The molecule has 2 N–H and O–H groups in total. The first-order valence-electron chi connectivity index (χ1n) is 10.1. The molecule has 0 radical (unpaired) electrons. The first-order valence-corrected chi connectivity index (χ1v) is 10.1. The SMILES string of the molecule is C=C(CC(C)(C)C)N1CCC(NC2CC2)=C(C(=N)n2nnc3ccccc32)C1. The Bertz CT molecular complexity index is 941. The number of para-hydroxylation sites is 1. The minimum Gasteiger partial charge on any atom is -0.385 e. The third kappa shape index (κ3) is 3.96. The molecule has 2 aromatic rings. The Labute approximate surface area is 166 Å². The lowest BCUT2D eigenvalue weighted by molar-refractivity contribution is 0.297. The molecular formula is C22H30N6. The van der Waals surface area contributed by atoms with Crippen LogP contribution in [0.2, 0.25) is 0 Å². The summed E-state index contributed by atoms with van der Waals surface area (Å²) in [5.74, 6) is 0.408. The Morgan fingerprint density at radius 1 is 1.29 bits per heavy atom. The number of benzene rings is 1. The molecular weight excluding hydrogens is 348 g/mol. The molecule has 4 rings (SSSR count). The highest BCUT2D eigenvalue weighted by atomic mass is 15.4. The average Bonchev–Trinajstić information content (AvgIpc) is 3.35. The quantitative estimate of drug-likeness (QED) is 0.611. The fourth-order valence-electron chi connectivity index (χ4n) is 3.77. The second kappa shape index (κ2) is 7.08. The number of nitrogens with zero attached hydrogens (tertiary/aromatic N) is 4. The van der Waals surface area contributed by atoms with E-state index in [1.54, 1.807) is 4.68 Å². The van der Waals surface area contributed by atoms with Crippen molar-refractivity contribution in [3.63, 3.8) is 0 Å². The molecule has 2 heterocycles. The summed E-state index contributed by atoms with van der Waals surface area (Å²) in [5.41, 5.74) is 5.22. The van der Waals surface area contributed by atoms with E-state index >= 15 is 0 Å². The van der Waals surface area contributed by atoms with E-state index in [0.29, 0.717) is 18.4 Å². The fraction of sp³-hybridized carbons (Fsp3) is 0.500. The van der Waals surface area contributed by atoms with Crippen molar-refractivity contribution in [2.45, 2.75) is 52.5 Å². The molecule has 1 aliphatic heterocycles. The molecule has 0 spiro atoms. The number of allylic oxidation sites excluding steroid dienone is 1. The van der Waals surface area contributed by atoms with Gasteiger partial charge in [0.15, 0.2) is 5.84 Å². The zero-order valence-corrected chi connectivity index (χ0v) is 17.1. The standard InChI is InChI=1S/C22H30N6/c1-15(13-22(2,3)4)27-12-11-18(24-16-9-10-16)17(14-27)21(23)28-20-8-6-5-7-19(20)25-26-28/h5-8,16,23-24H,1,9-14H2,2-4H3. The minimum absolute atomic E-state index is 0.198. The van der Waals surface area contributed by atoms with Crippen molar-refractivity contribution in [1.82, 2.24) is 25.2 Å². The van der Waals surface area contributed by atoms with Gasteiger partial charge in [-0.1, -0.05) is 44.7 Å². The van der Waals surface area contributed by atoms with Crippen molar-refractivity contribution in [2.75, 3.05) is 13.1 Å². The van der Waals surface area contributed by atoms with Crippen molar-refractivity contribution >= 4 is 16.9 Å². The third-order valence-electron chi connectivity index (χ3n) is 5.33. The van der Waals surface area contributed by atoms with Crippen LogP contribution < -0.4 is 5.32 Å². The molecule has 0 atom stereocenters. The lowest BCUT2D eigenvalue weighted by atomic mass is 9.90. The normalized spacial score (nSPS) is 17.9. The number of nitrogens with one attached hydrogen (secondary N) is 2. The molecule has 148 valence electrons. The highest BCUT2D eigenvalue weighted by Crippen LogP contribution is 2.30. The zero-order valence-electron chi connectivity index (χ0n) is 17.1. The monoisotopic (exact) mass is 378 g/mol. The molecule has 6 nitrogen and oxygen atoms in total. The lowest BCUT2D eigenvalue weighted by Gasteiger charge is -2.36. The van der Waals surface area contributed by atoms with E-state index in [1.807, 2.05) is 24.3 Å². The summed E-state index contributed by atoms with van der Waals surface area (Å²) in [6.07, 6.45) is 4.29. The molecule has 0 saturated heterocycles. The van der Waals surface area contributed by atoms with Gasteiger partial charge in [-0.15, -0.1) is 5.10 Å². The van der Waals surface area contributed by atoms with E-state index in [4.69, 9.17) is 5.41 Å². The highest BCUT2D eigenvalue weighted by Gasteiger charge is 2.29. The van der Waals surface area contributed by atoms with Gasteiger partial charge in [0.1, 0.15) is 5.52 Å². The van der Waals surface area contributed by atoms with Gasteiger partial charge >= 0.3 is 0 Å². The van der Waals surface area contributed by atoms with E-state index in [-0.39, 0.29) is 5.41 Å². The molecule has 0 unspecified atom stereocenters. The summed E-state index contributed by atoms with van der Waals surface area (Å²) in [6.45, 7) is 12.7. The maximum absolute atomic E-state index is 8.94. The van der Waals surface area contributed by atoms with Crippen molar-refractivity contribution in [3.05, 3.63) is 47.8 Å². The summed E-state index contributed by atoms with van der Waals surface area (Å²) in [7, 11) is 0. The van der Waals surface area contributed by atoms with Gasteiger partial charge in [-0.25, -0.2) is 0 Å². The Morgan fingerprint density at radius 3 is 2.75 bits per heavy atom. The van der Waals surface area contributed by atoms with Crippen LogP contribution in [0.3, 0.4) is 0 Å². The van der Waals surface area contributed by atoms with E-state index in [0.717, 1.165) is 41.7 Å². The van der Waals surface area contributed by atoms with Crippen molar-refractivity contribution in [2.24, 2.45) is 5.41 Å². The predicted octanol–water partition coefficient (Wildman–Crippen LogP) is 3.92. The first kappa shape index (κ1) is 18.7. The van der Waals surface area contributed by atoms with E-state index in [2.05, 4.69) is 47.9 Å². The minimum atomic E-state index is 0.198. The van der Waals surface area contributed by atoms with Gasteiger partial charge in [-0.05, 0) is 36.8 Å². The summed E-state index contributed by atoms with van der Waals surface area (Å²) in [4.78, 5) is 2.33. The Kier molecular flexibility index (Phi) is 4.73. The summed E-state index contributed by atoms with van der Waals surface area (Å²) < 4.78 is 1.66. The van der Waals surface area contributed by atoms with Gasteiger partial charge in [-0.3, -0.25) is 5.41 Å². The fourth-order valence-corrected chi connectivity index (χ4v) is 3.77. The molecule has 0 amide bonds. The van der Waals surface area contributed by atoms with E-state index < -0.39 is 0 Å². The van der Waals surface area contributed by atoms with E-state index in [9.17, 15) is 0 Å². The maximum Gasteiger partial charge on any atom is 0.155 e. The topological polar surface area (TPSA) is 69.8 Å². The predicted molar refractivity (Wildman–Crippen MR) is 113 cm³/mol. The number of aromatic nitrogens is 3. The number of hydrogen-bond donors (Lipinski definition) is 2. The van der Waals surface area contributed by atoms with Crippen LogP contribution in [-0.2, 0) is 0 Å². The van der Waals surface area contributed by atoms with Gasteiger partial charge < -0.3 is 10.2 Å². The summed E-state index contributed by atoms with van der Waals surface area (Å²) in [6, 6.07) is 8.38. The van der Waals surface area contributed by atoms with Gasteiger partial charge in [0, 0.05) is 42.5 Å². The molecule has 1 aliphatic carbocycles. The van der Waals surface area contributed by atoms with E-state index in [1.165, 1.54) is 18.5 Å². The zero-order chi connectivity index (χ0) is 19.9. The van der Waals surface area contributed by atoms with Gasteiger partial charge in [0.25, 0.3) is 0 Å². The molecule has 1 fully saturated rings. The maximum atomic E-state index is 8.94. The summed E-state index contributed by atoms with van der Waals surface area (Å²) >= 11 is 0. The van der Waals surface area contributed by atoms with Gasteiger partial charge in [0.05, 0.1) is 5.52 Å². The summed E-state index contributed by atoms with van der Waals surface area (Å²) in [5, 5.41) is 21.1. The Morgan fingerprint density at radius 2 is 2.04 bits per heavy atom. The largest absolute Gasteiger partial charge is 0.385 e. The van der Waals surface area contributed by atoms with Crippen LogP contribution in [0.25, 0.3) is 11.0 Å². The molecule has 6 heteroatoms. The van der Waals surface area contributed by atoms with Crippen molar-refractivity contribution in [1.29, 1.82) is 5.41 Å². The third-order valence-corrected chi connectivity index (χ3v) is 5.33. The second-order valence-electron chi connectivity index (χ2n) is 9.19. The molecule has 1 aromatic carbocycles. The van der Waals surface area contributed by atoms with Crippen LogP contribution in [0.1, 0.15) is 46.5 Å². The highest BCUT2D eigenvalue weighted by molar-refractivity contribution is 6.02. The first-order chi connectivity index (χ1) is 13.3. The van der Waals surface area contributed by atoms with Crippen molar-refractivity contribution in [3.8, 4) is 0 Å². The van der Waals surface area contributed by atoms with Gasteiger partial charge in [0.2, 0.25) is 0 Å². The van der Waals surface area contributed by atoms with Gasteiger partial charge in [-0.2, -0.15) is 4.68 Å². The lowest BCUT2D eigenvalue weighted by Crippen LogP contribution is -2.39. The van der Waals surface area contributed by atoms with Crippen LogP contribution in [0, 0.1) is 10.8 Å². The van der Waals surface area contributed by atoms with Crippen LogP contribution in [0.4, 0.5) is 0 Å². The van der Waals surface area contributed by atoms with Crippen LogP contribution in [0.5, 0.6) is 0 Å². The Balaban J connectivity index is 1.64. The van der Waals surface area contributed by atoms with Crippen LogP contribution in [0.15, 0.2) is 47.8 Å². The molecule has 1 saturated carbocycles. The van der Waals surface area contributed by atoms with Crippen LogP contribution >= 0.6 is 0 Å². The molecule has 28 heavy (non-hydrogen) atoms. The smallest absolute Gasteiger partial charge is 0.155 e. The Hall–Kier alpha value is -2.63.